The molecule has 2 aliphatic carbocycles. The number of anilines is 1. The third-order valence-corrected chi connectivity index (χ3v) is 9.49. The molecule has 1 heterocycles. The lowest BCUT2D eigenvalue weighted by Crippen LogP contribution is -2.33. The second-order valence-corrected chi connectivity index (χ2v) is 12.8. The van der Waals surface area contributed by atoms with E-state index >= 15 is 0 Å². The molecule has 3 aromatic carbocycles. The second kappa shape index (κ2) is 10.8. The van der Waals surface area contributed by atoms with Gasteiger partial charge in [0, 0.05) is 28.4 Å². The van der Waals surface area contributed by atoms with E-state index in [4.69, 9.17) is 11.6 Å². The molecule has 40 heavy (non-hydrogen) atoms. The third kappa shape index (κ3) is 5.55. The van der Waals surface area contributed by atoms with Crippen LogP contribution in [0.4, 0.5) is 5.69 Å². The molecule has 0 bridgehead atoms. The van der Waals surface area contributed by atoms with Gasteiger partial charge in [0.1, 0.15) is 0 Å². The van der Waals surface area contributed by atoms with Crippen molar-refractivity contribution in [3.63, 3.8) is 0 Å². The van der Waals surface area contributed by atoms with Crippen molar-refractivity contribution >= 4 is 33.2 Å². The monoisotopic (exact) mass is 571 g/mol. The SMILES string of the molecule is Cc1cccc(CN(C(=O)[C@H]2C[C@@H]2c2ccccc2)c2ccc3c(c2)[C@@H](NS(=O)(=O)c2cccc(Cl)c2)CC3)n1. The van der Waals surface area contributed by atoms with Gasteiger partial charge >= 0.3 is 0 Å². The van der Waals surface area contributed by atoms with Crippen molar-refractivity contribution in [3.05, 3.63) is 124 Å². The summed E-state index contributed by atoms with van der Waals surface area (Å²) in [5.74, 6) is 0.164. The zero-order valence-corrected chi connectivity index (χ0v) is 23.7. The highest BCUT2D eigenvalue weighted by Crippen LogP contribution is 2.49. The van der Waals surface area contributed by atoms with E-state index in [2.05, 4.69) is 21.8 Å². The topological polar surface area (TPSA) is 79.4 Å². The Balaban J connectivity index is 1.30. The van der Waals surface area contributed by atoms with Crippen molar-refractivity contribution in [2.24, 2.45) is 5.92 Å². The van der Waals surface area contributed by atoms with Crippen molar-refractivity contribution in [3.8, 4) is 0 Å². The fraction of sp³-hybridized carbons (Fsp3) is 0.250. The summed E-state index contributed by atoms with van der Waals surface area (Å²) in [6, 6.07) is 27.8. The number of hydrogen-bond donors (Lipinski definition) is 1. The maximum absolute atomic E-state index is 14.0. The Labute approximate surface area is 240 Å². The lowest BCUT2D eigenvalue weighted by Gasteiger charge is -2.25. The van der Waals surface area contributed by atoms with Crippen molar-refractivity contribution in [2.45, 2.75) is 49.6 Å². The van der Waals surface area contributed by atoms with Gasteiger partial charge in [-0.2, -0.15) is 0 Å². The van der Waals surface area contributed by atoms with E-state index < -0.39 is 16.1 Å². The van der Waals surface area contributed by atoms with Gasteiger partial charge in [0.15, 0.2) is 0 Å². The Bertz CT molecular complexity index is 1680. The molecule has 0 radical (unpaired) electrons. The zero-order valence-electron chi connectivity index (χ0n) is 22.1. The van der Waals surface area contributed by atoms with Crippen molar-refractivity contribution in [1.82, 2.24) is 9.71 Å². The lowest BCUT2D eigenvalue weighted by atomic mass is 10.1. The quantitative estimate of drug-likeness (QED) is 0.267. The normalized spacial score (nSPS) is 19.7. The van der Waals surface area contributed by atoms with Crippen LogP contribution in [0, 0.1) is 12.8 Å². The molecule has 1 N–H and O–H groups in total. The van der Waals surface area contributed by atoms with Crippen LogP contribution < -0.4 is 9.62 Å². The number of nitrogens with one attached hydrogen (secondary N) is 1. The van der Waals surface area contributed by atoms with E-state index in [1.807, 2.05) is 66.4 Å². The minimum atomic E-state index is -3.78. The summed E-state index contributed by atoms with van der Waals surface area (Å²) in [5, 5.41) is 0.366. The van der Waals surface area contributed by atoms with E-state index in [1.54, 1.807) is 12.1 Å². The number of fused-ring (bicyclic) bond motifs is 1. The average molecular weight is 572 g/mol. The number of rotatable bonds is 8. The number of pyridine rings is 1. The van der Waals surface area contributed by atoms with Gasteiger partial charge in [0.2, 0.25) is 15.9 Å². The molecule has 0 spiro atoms. The molecular weight excluding hydrogens is 542 g/mol. The minimum Gasteiger partial charge on any atom is -0.306 e. The summed E-state index contributed by atoms with van der Waals surface area (Å²) in [5.41, 5.74) is 5.61. The molecule has 3 atom stereocenters. The van der Waals surface area contributed by atoms with Gasteiger partial charge in [-0.1, -0.05) is 60.1 Å². The van der Waals surface area contributed by atoms with Gasteiger partial charge in [-0.15, -0.1) is 0 Å². The maximum Gasteiger partial charge on any atom is 0.241 e. The van der Waals surface area contributed by atoms with Crippen molar-refractivity contribution in [1.29, 1.82) is 0 Å². The van der Waals surface area contributed by atoms with Crippen molar-refractivity contribution < 1.29 is 13.2 Å². The highest BCUT2D eigenvalue weighted by atomic mass is 35.5. The molecule has 0 unspecified atom stereocenters. The number of aryl methyl sites for hydroxylation is 2. The lowest BCUT2D eigenvalue weighted by molar-refractivity contribution is -0.120. The first-order valence-corrected chi connectivity index (χ1v) is 15.3. The largest absolute Gasteiger partial charge is 0.306 e. The van der Waals surface area contributed by atoms with Crippen LogP contribution in [-0.2, 0) is 27.8 Å². The van der Waals surface area contributed by atoms with Crippen LogP contribution >= 0.6 is 11.6 Å². The van der Waals surface area contributed by atoms with Gasteiger partial charge in [0.05, 0.1) is 17.1 Å². The number of carbonyl (C=O) groups is 1. The summed E-state index contributed by atoms with van der Waals surface area (Å²) in [7, 11) is -3.78. The van der Waals surface area contributed by atoms with E-state index in [0.29, 0.717) is 18.0 Å². The molecule has 1 aromatic heterocycles. The first kappa shape index (κ1) is 26.7. The smallest absolute Gasteiger partial charge is 0.241 e. The van der Waals surface area contributed by atoms with Gasteiger partial charge in [0.25, 0.3) is 0 Å². The van der Waals surface area contributed by atoms with Gasteiger partial charge in [-0.3, -0.25) is 9.78 Å². The molecule has 8 heteroatoms. The third-order valence-electron chi connectivity index (χ3n) is 7.79. The molecule has 6 rings (SSSR count). The fourth-order valence-corrected chi connectivity index (χ4v) is 7.20. The highest BCUT2D eigenvalue weighted by molar-refractivity contribution is 7.89. The number of sulfonamides is 1. The Morgan fingerprint density at radius 1 is 1.00 bits per heavy atom. The number of amides is 1. The standard InChI is InChI=1S/C32H30ClN3O3S/c1-21-7-5-11-25(34-21)20-36(32(37)30-19-28(30)22-8-3-2-4-9-22)26-15-13-23-14-16-31(29(23)18-26)35-40(38,39)27-12-6-10-24(33)17-27/h2-13,15,17-18,28,30-31,35H,14,16,19-20H2,1H3/t28-,30+,31+/m1/s1. The summed E-state index contributed by atoms with van der Waals surface area (Å²) >= 11 is 6.06. The van der Waals surface area contributed by atoms with Gasteiger partial charge in [-0.25, -0.2) is 13.1 Å². The molecule has 1 fully saturated rings. The molecule has 1 amide bonds. The second-order valence-electron chi connectivity index (χ2n) is 10.6. The number of benzene rings is 3. The van der Waals surface area contributed by atoms with Crippen LogP contribution in [0.2, 0.25) is 5.02 Å². The predicted octanol–water partition coefficient (Wildman–Crippen LogP) is 6.35. The molecule has 1 saturated carbocycles. The Kier molecular flexibility index (Phi) is 7.21. The maximum atomic E-state index is 14.0. The summed E-state index contributed by atoms with van der Waals surface area (Å²) in [4.78, 5) is 20.6. The Morgan fingerprint density at radius 2 is 1.80 bits per heavy atom. The van der Waals surface area contributed by atoms with Crippen molar-refractivity contribution in [2.75, 3.05) is 4.90 Å². The van der Waals surface area contributed by atoms with Crippen LogP contribution in [0.1, 0.15) is 52.9 Å². The molecule has 0 aliphatic heterocycles. The number of hydrogen-bond acceptors (Lipinski definition) is 4. The number of aromatic nitrogens is 1. The van der Waals surface area contributed by atoms with E-state index in [9.17, 15) is 13.2 Å². The van der Waals surface area contributed by atoms with E-state index in [-0.39, 0.29) is 22.6 Å². The van der Waals surface area contributed by atoms with Gasteiger partial charge in [-0.05, 0) is 91.3 Å². The van der Waals surface area contributed by atoms with Gasteiger partial charge < -0.3 is 4.90 Å². The summed E-state index contributed by atoms with van der Waals surface area (Å²) < 4.78 is 29.2. The fourth-order valence-electron chi connectivity index (χ4n) is 5.65. The minimum absolute atomic E-state index is 0.0613. The Morgan fingerprint density at radius 3 is 2.58 bits per heavy atom. The summed E-state index contributed by atoms with van der Waals surface area (Å²) in [6.07, 6.45) is 2.21. The molecule has 2 aliphatic rings. The van der Waals surface area contributed by atoms with Crippen LogP contribution in [0.15, 0.2) is 95.9 Å². The van der Waals surface area contributed by atoms with Crippen LogP contribution in [0.5, 0.6) is 0 Å². The van der Waals surface area contributed by atoms with E-state index in [1.165, 1.54) is 17.7 Å². The number of nitrogens with zero attached hydrogens (tertiary/aromatic N) is 2. The number of carbonyl (C=O) groups excluding carboxylic acids is 1. The first-order valence-electron chi connectivity index (χ1n) is 13.5. The van der Waals surface area contributed by atoms with Crippen LogP contribution in [-0.4, -0.2) is 19.3 Å². The first-order chi connectivity index (χ1) is 19.3. The Hall–Kier alpha value is -3.52. The number of halogens is 1. The molecular formula is C32H30ClN3O3S. The molecule has 6 nitrogen and oxygen atoms in total. The summed E-state index contributed by atoms with van der Waals surface area (Å²) in [6.45, 7) is 2.28. The zero-order chi connectivity index (χ0) is 27.9. The predicted molar refractivity (Wildman–Crippen MR) is 157 cm³/mol. The molecule has 0 saturated heterocycles. The average Bonchev–Trinajstić information content (AvgIpc) is 3.67. The molecule has 204 valence electrons. The van der Waals surface area contributed by atoms with Crippen LogP contribution in [0.25, 0.3) is 0 Å². The van der Waals surface area contributed by atoms with Crippen LogP contribution in [0.3, 0.4) is 0 Å². The molecule has 4 aromatic rings. The highest BCUT2D eigenvalue weighted by Gasteiger charge is 2.46. The van der Waals surface area contributed by atoms with E-state index in [0.717, 1.165) is 41.0 Å².